The third-order valence-corrected chi connectivity index (χ3v) is 1.79. The maximum atomic E-state index is 9.14. The second-order valence-electron chi connectivity index (χ2n) is 2.58. The highest BCUT2D eigenvalue weighted by atomic mass is 16.3. The Bertz CT molecular complexity index is 71.3. The number of hydrogen-bond acceptors (Lipinski definition) is 2. The molecule has 0 rings (SSSR count). The minimum Gasteiger partial charge on any atom is -0.393 e. The molecule has 0 aromatic rings. The van der Waals surface area contributed by atoms with Gasteiger partial charge in [-0.2, -0.15) is 0 Å². The zero-order chi connectivity index (χ0) is 7.44. The Hall–Kier alpha value is -0.0800. The topological polar surface area (TPSA) is 40.5 Å². The van der Waals surface area contributed by atoms with E-state index < -0.39 is 6.10 Å². The van der Waals surface area contributed by atoms with E-state index >= 15 is 0 Å². The third-order valence-electron chi connectivity index (χ3n) is 1.79. The van der Waals surface area contributed by atoms with Gasteiger partial charge in [-0.25, -0.2) is 0 Å². The van der Waals surface area contributed by atoms with Crippen molar-refractivity contribution in [3.05, 3.63) is 0 Å². The molecule has 2 nitrogen and oxygen atoms in total. The highest BCUT2D eigenvalue weighted by molar-refractivity contribution is 4.66. The first-order chi connectivity index (χ1) is 4.09. The predicted molar refractivity (Wildman–Crippen MR) is 37.1 cm³/mol. The molecule has 0 aliphatic rings. The van der Waals surface area contributed by atoms with Crippen LogP contribution in [-0.2, 0) is 0 Å². The van der Waals surface area contributed by atoms with E-state index in [2.05, 4.69) is 0 Å². The Morgan fingerprint density at radius 1 is 1.22 bits per heavy atom. The lowest BCUT2D eigenvalue weighted by molar-refractivity contribution is 0.0298. The van der Waals surface area contributed by atoms with Gasteiger partial charge in [-0.05, 0) is 13.3 Å². The molecule has 0 aliphatic carbocycles. The number of aliphatic hydroxyl groups is 2. The normalized spacial score (nSPS) is 21.0. The van der Waals surface area contributed by atoms with Crippen LogP contribution in [0.25, 0.3) is 0 Å². The summed E-state index contributed by atoms with van der Waals surface area (Å²) in [5, 5.41) is 18.1. The first-order valence-corrected chi connectivity index (χ1v) is 3.45. The molecule has 2 heteroatoms. The highest BCUT2D eigenvalue weighted by Crippen LogP contribution is 2.10. The smallest absolute Gasteiger partial charge is 0.0587 e. The summed E-state index contributed by atoms with van der Waals surface area (Å²) in [4.78, 5) is 0. The second-order valence-corrected chi connectivity index (χ2v) is 2.58. The summed E-state index contributed by atoms with van der Waals surface area (Å²) >= 11 is 0. The Balaban J connectivity index is 3.58. The molecular formula is C7H16O2. The number of rotatable bonds is 3. The lowest BCUT2D eigenvalue weighted by atomic mass is 9.98. The average molecular weight is 132 g/mol. The molecule has 0 amide bonds. The molecular weight excluding hydrogens is 116 g/mol. The van der Waals surface area contributed by atoms with Crippen LogP contribution >= 0.6 is 0 Å². The van der Waals surface area contributed by atoms with Crippen LogP contribution in [0.4, 0.5) is 0 Å². The van der Waals surface area contributed by atoms with E-state index in [0.717, 1.165) is 0 Å². The van der Waals surface area contributed by atoms with E-state index in [-0.39, 0.29) is 12.0 Å². The molecule has 0 radical (unpaired) electrons. The fraction of sp³-hybridized carbons (Fsp3) is 1.00. The quantitative estimate of drug-likeness (QED) is 0.595. The molecule has 2 N–H and O–H groups in total. The lowest BCUT2D eigenvalue weighted by Gasteiger charge is -2.19. The van der Waals surface area contributed by atoms with Crippen LogP contribution < -0.4 is 0 Å². The Kier molecular flexibility index (Phi) is 3.82. The van der Waals surface area contributed by atoms with Gasteiger partial charge >= 0.3 is 0 Å². The fourth-order valence-corrected chi connectivity index (χ4v) is 0.693. The van der Waals surface area contributed by atoms with E-state index in [0.29, 0.717) is 6.42 Å². The van der Waals surface area contributed by atoms with E-state index in [1.807, 2.05) is 13.8 Å². The average Bonchev–Trinajstić information content (AvgIpc) is 1.84. The van der Waals surface area contributed by atoms with Crippen molar-refractivity contribution < 1.29 is 10.2 Å². The summed E-state index contributed by atoms with van der Waals surface area (Å²) in [6.07, 6.45) is -0.0450. The van der Waals surface area contributed by atoms with E-state index in [1.54, 1.807) is 6.92 Å². The Morgan fingerprint density at radius 2 is 1.67 bits per heavy atom. The van der Waals surface area contributed by atoms with Gasteiger partial charge < -0.3 is 10.2 Å². The van der Waals surface area contributed by atoms with E-state index in [9.17, 15) is 0 Å². The van der Waals surface area contributed by atoms with Gasteiger partial charge in [-0.1, -0.05) is 13.8 Å². The zero-order valence-electron chi connectivity index (χ0n) is 6.33. The van der Waals surface area contributed by atoms with Crippen molar-refractivity contribution in [3.8, 4) is 0 Å². The summed E-state index contributed by atoms with van der Waals surface area (Å²) in [6, 6.07) is 0. The van der Waals surface area contributed by atoms with Crippen LogP contribution in [0.15, 0.2) is 0 Å². The first-order valence-electron chi connectivity index (χ1n) is 3.45. The van der Waals surface area contributed by atoms with Gasteiger partial charge in [0.2, 0.25) is 0 Å². The maximum Gasteiger partial charge on any atom is 0.0587 e. The van der Waals surface area contributed by atoms with Crippen LogP contribution in [0, 0.1) is 5.92 Å². The van der Waals surface area contributed by atoms with Crippen molar-refractivity contribution in [1.82, 2.24) is 0 Å². The fourth-order valence-electron chi connectivity index (χ4n) is 0.693. The largest absolute Gasteiger partial charge is 0.393 e. The summed E-state index contributed by atoms with van der Waals surface area (Å²) in [5.74, 6) is -0.00463. The predicted octanol–water partition coefficient (Wildman–Crippen LogP) is 0.774. The maximum absolute atomic E-state index is 9.14. The lowest BCUT2D eigenvalue weighted by Crippen LogP contribution is -2.26. The van der Waals surface area contributed by atoms with Crippen molar-refractivity contribution in [2.75, 3.05) is 0 Å². The zero-order valence-corrected chi connectivity index (χ0v) is 6.33. The third kappa shape index (κ3) is 2.82. The van der Waals surface area contributed by atoms with Crippen LogP contribution in [0.3, 0.4) is 0 Å². The molecule has 9 heavy (non-hydrogen) atoms. The molecule has 0 saturated heterocycles. The molecule has 0 aromatic carbocycles. The molecule has 0 fully saturated rings. The molecule has 0 spiro atoms. The van der Waals surface area contributed by atoms with Gasteiger partial charge in [0, 0.05) is 5.92 Å². The van der Waals surface area contributed by atoms with Crippen LogP contribution in [0.5, 0.6) is 0 Å². The Morgan fingerprint density at radius 3 is 1.78 bits per heavy atom. The molecule has 0 aromatic heterocycles. The molecule has 56 valence electrons. The number of hydrogen-bond donors (Lipinski definition) is 2. The van der Waals surface area contributed by atoms with Gasteiger partial charge in [0.05, 0.1) is 12.2 Å². The van der Waals surface area contributed by atoms with Crippen LogP contribution in [0.2, 0.25) is 0 Å². The Labute approximate surface area is 56.5 Å². The minimum absolute atomic E-state index is 0.00463. The molecule has 0 unspecified atom stereocenters. The minimum atomic E-state index is -0.403. The van der Waals surface area contributed by atoms with Gasteiger partial charge in [-0.3, -0.25) is 0 Å². The number of aliphatic hydroxyl groups excluding tert-OH is 2. The monoisotopic (exact) mass is 132 g/mol. The second kappa shape index (κ2) is 3.85. The first kappa shape index (κ1) is 8.92. The molecule has 0 bridgehead atoms. The SMILES string of the molecule is CC[C@@H](O)[C@H](C)[C@H](C)O. The van der Waals surface area contributed by atoms with Gasteiger partial charge in [0.25, 0.3) is 0 Å². The van der Waals surface area contributed by atoms with Crippen LogP contribution in [-0.4, -0.2) is 22.4 Å². The van der Waals surface area contributed by atoms with Crippen molar-refractivity contribution in [1.29, 1.82) is 0 Å². The highest BCUT2D eigenvalue weighted by Gasteiger charge is 2.16. The van der Waals surface area contributed by atoms with Gasteiger partial charge in [0.15, 0.2) is 0 Å². The molecule has 0 heterocycles. The molecule has 0 saturated carbocycles. The van der Waals surface area contributed by atoms with E-state index in [1.165, 1.54) is 0 Å². The standard InChI is InChI=1S/C7H16O2/c1-4-7(9)5(2)6(3)8/h5-9H,4H2,1-3H3/t5-,6+,7-/m1/s1. The summed E-state index contributed by atoms with van der Waals surface area (Å²) in [5.41, 5.74) is 0. The van der Waals surface area contributed by atoms with Crippen molar-refractivity contribution in [2.45, 2.75) is 39.4 Å². The van der Waals surface area contributed by atoms with Gasteiger partial charge in [-0.15, -0.1) is 0 Å². The van der Waals surface area contributed by atoms with E-state index in [4.69, 9.17) is 10.2 Å². The van der Waals surface area contributed by atoms with Crippen LogP contribution in [0.1, 0.15) is 27.2 Å². The molecule has 0 aliphatic heterocycles. The van der Waals surface area contributed by atoms with Crippen molar-refractivity contribution in [2.24, 2.45) is 5.92 Å². The van der Waals surface area contributed by atoms with Crippen molar-refractivity contribution >= 4 is 0 Å². The summed E-state index contributed by atoms with van der Waals surface area (Å²) in [7, 11) is 0. The van der Waals surface area contributed by atoms with Gasteiger partial charge in [0.1, 0.15) is 0 Å². The molecule has 3 atom stereocenters. The van der Waals surface area contributed by atoms with Crippen molar-refractivity contribution in [3.63, 3.8) is 0 Å². The summed E-state index contributed by atoms with van der Waals surface area (Å²) in [6.45, 7) is 5.45. The summed E-state index contributed by atoms with van der Waals surface area (Å²) < 4.78 is 0.